The molecule has 0 atom stereocenters. The van der Waals surface area contributed by atoms with Crippen molar-refractivity contribution >= 4 is 23.1 Å². The highest BCUT2D eigenvalue weighted by molar-refractivity contribution is 6.37. The van der Waals surface area contributed by atoms with Gasteiger partial charge in [0.25, 0.3) is 11.8 Å². The Hall–Kier alpha value is -2.65. The van der Waals surface area contributed by atoms with Crippen LogP contribution in [0.25, 0.3) is 5.57 Å². The minimum absolute atomic E-state index is 0.0781. The Labute approximate surface area is 147 Å². The number of nitrogens with zero attached hydrogens (tertiary/aromatic N) is 3. The van der Waals surface area contributed by atoms with Gasteiger partial charge in [0, 0.05) is 25.2 Å². The maximum absolute atomic E-state index is 13.0. The zero-order valence-corrected chi connectivity index (χ0v) is 14.5. The van der Waals surface area contributed by atoms with Gasteiger partial charge in [-0.3, -0.25) is 9.59 Å². The molecule has 130 valence electrons. The molecule has 0 bridgehead atoms. The normalized spacial score (nSPS) is 19.0. The Kier molecular flexibility index (Phi) is 4.86. The van der Waals surface area contributed by atoms with E-state index in [1.165, 1.54) is 0 Å². The minimum Gasteiger partial charge on any atom is -0.378 e. The predicted molar refractivity (Wildman–Crippen MR) is 93.6 cm³/mol. The predicted octanol–water partition coefficient (Wildman–Crippen LogP) is 1.83. The first-order chi connectivity index (χ1) is 12.0. The Morgan fingerprint density at radius 2 is 1.96 bits per heavy atom. The first-order valence-corrected chi connectivity index (χ1v) is 8.47. The molecule has 2 aliphatic heterocycles. The Morgan fingerprint density at radius 1 is 1.28 bits per heavy atom. The van der Waals surface area contributed by atoms with Gasteiger partial charge < -0.3 is 14.5 Å². The number of carbonyl (C=O) groups excluding carboxylic acids is 2. The van der Waals surface area contributed by atoms with Crippen molar-refractivity contribution in [2.75, 3.05) is 37.7 Å². The summed E-state index contributed by atoms with van der Waals surface area (Å²) in [6.07, 6.45) is 0. The largest absolute Gasteiger partial charge is 0.378 e. The Balaban J connectivity index is 2.07. The van der Waals surface area contributed by atoms with Crippen molar-refractivity contribution in [2.24, 2.45) is 5.92 Å². The summed E-state index contributed by atoms with van der Waals surface area (Å²) < 4.78 is 5.26. The van der Waals surface area contributed by atoms with Crippen LogP contribution in [0.4, 0.5) is 5.69 Å². The van der Waals surface area contributed by atoms with Gasteiger partial charge in [0.1, 0.15) is 11.6 Å². The lowest BCUT2D eigenvalue weighted by Crippen LogP contribution is -2.41. The standard InChI is InChI=1S/C19H21N3O3/c1-13(2)12-22-16-6-4-3-5-14(16)17(19(22)24)15(11-20)18(23)21-7-9-25-10-8-21/h3-6,13H,7-10,12H2,1-2H3. The molecule has 0 spiro atoms. The second-order valence-electron chi connectivity index (χ2n) is 6.59. The summed E-state index contributed by atoms with van der Waals surface area (Å²) in [7, 11) is 0. The van der Waals surface area contributed by atoms with Crippen LogP contribution in [0.15, 0.2) is 29.8 Å². The highest BCUT2D eigenvalue weighted by Gasteiger charge is 2.37. The van der Waals surface area contributed by atoms with E-state index >= 15 is 0 Å². The van der Waals surface area contributed by atoms with E-state index in [-0.39, 0.29) is 23.0 Å². The van der Waals surface area contributed by atoms with Crippen molar-refractivity contribution in [3.8, 4) is 6.07 Å². The SMILES string of the molecule is CC(C)CN1C(=O)C(=C(C#N)C(=O)N2CCOCC2)c2ccccc21. The molecule has 6 heteroatoms. The Morgan fingerprint density at radius 3 is 2.60 bits per heavy atom. The molecular formula is C19H21N3O3. The molecule has 2 aliphatic rings. The van der Waals surface area contributed by atoms with Crippen LogP contribution in [0.5, 0.6) is 0 Å². The van der Waals surface area contributed by atoms with E-state index in [0.717, 1.165) is 5.69 Å². The second-order valence-corrected chi connectivity index (χ2v) is 6.59. The third-order valence-corrected chi connectivity index (χ3v) is 4.34. The van der Waals surface area contributed by atoms with E-state index in [4.69, 9.17) is 4.74 Å². The van der Waals surface area contributed by atoms with Gasteiger partial charge in [-0.15, -0.1) is 0 Å². The molecule has 2 heterocycles. The second kappa shape index (κ2) is 7.08. The number of hydrogen-bond donors (Lipinski definition) is 0. The average Bonchev–Trinajstić information content (AvgIpc) is 2.89. The molecule has 0 saturated carbocycles. The van der Waals surface area contributed by atoms with Gasteiger partial charge in [0.15, 0.2) is 0 Å². The number of anilines is 1. The van der Waals surface area contributed by atoms with Crippen LogP contribution in [0.2, 0.25) is 0 Å². The highest BCUT2D eigenvalue weighted by atomic mass is 16.5. The van der Waals surface area contributed by atoms with Crippen LogP contribution in [0.1, 0.15) is 19.4 Å². The zero-order valence-electron chi connectivity index (χ0n) is 14.5. The fourth-order valence-corrected chi connectivity index (χ4v) is 3.20. The van der Waals surface area contributed by atoms with E-state index in [1.54, 1.807) is 15.9 Å². The third-order valence-electron chi connectivity index (χ3n) is 4.34. The molecule has 3 rings (SSSR count). The van der Waals surface area contributed by atoms with Crippen molar-refractivity contribution in [1.82, 2.24) is 4.90 Å². The summed E-state index contributed by atoms with van der Waals surface area (Å²) in [5.74, 6) is -0.389. The molecule has 1 aromatic carbocycles. The molecule has 0 unspecified atom stereocenters. The smallest absolute Gasteiger partial charge is 0.265 e. The topological polar surface area (TPSA) is 73.6 Å². The molecule has 0 aliphatic carbocycles. The molecule has 1 fully saturated rings. The van der Waals surface area contributed by atoms with Crippen molar-refractivity contribution < 1.29 is 14.3 Å². The first-order valence-electron chi connectivity index (χ1n) is 8.47. The molecular weight excluding hydrogens is 318 g/mol. The van der Waals surface area contributed by atoms with Gasteiger partial charge >= 0.3 is 0 Å². The quantitative estimate of drug-likeness (QED) is 0.622. The van der Waals surface area contributed by atoms with Crippen molar-refractivity contribution in [3.63, 3.8) is 0 Å². The number of nitriles is 1. The maximum atomic E-state index is 13.0. The van der Waals surface area contributed by atoms with E-state index in [9.17, 15) is 14.9 Å². The summed E-state index contributed by atoms with van der Waals surface area (Å²) in [6.45, 7) is 6.37. The number of carbonyl (C=O) groups is 2. The fraction of sp³-hybridized carbons (Fsp3) is 0.421. The monoisotopic (exact) mass is 339 g/mol. The summed E-state index contributed by atoms with van der Waals surface area (Å²) in [5.41, 5.74) is 1.56. The van der Waals surface area contributed by atoms with E-state index in [2.05, 4.69) is 0 Å². The van der Waals surface area contributed by atoms with Gasteiger partial charge in [-0.2, -0.15) is 5.26 Å². The minimum atomic E-state index is -0.393. The number of rotatable bonds is 3. The summed E-state index contributed by atoms with van der Waals surface area (Å²) in [6, 6.07) is 9.32. The summed E-state index contributed by atoms with van der Waals surface area (Å²) >= 11 is 0. The van der Waals surface area contributed by atoms with Crippen molar-refractivity contribution in [3.05, 3.63) is 35.4 Å². The summed E-state index contributed by atoms with van der Waals surface area (Å²) in [4.78, 5) is 29.1. The van der Waals surface area contributed by atoms with Gasteiger partial charge in [-0.05, 0) is 12.0 Å². The highest BCUT2D eigenvalue weighted by Crippen LogP contribution is 2.39. The van der Waals surface area contributed by atoms with Gasteiger partial charge in [-0.1, -0.05) is 32.0 Å². The zero-order chi connectivity index (χ0) is 18.0. The Bertz CT molecular complexity index is 770. The first kappa shape index (κ1) is 17.2. The lowest BCUT2D eigenvalue weighted by Gasteiger charge is -2.26. The lowest BCUT2D eigenvalue weighted by atomic mass is 10.0. The molecule has 2 amide bonds. The summed E-state index contributed by atoms with van der Waals surface area (Å²) in [5, 5.41) is 9.64. The fourth-order valence-electron chi connectivity index (χ4n) is 3.20. The van der Waals surface area contributed by atoms with Crippen molar-refractivity contribution in [1.29, 1.82) is 5.26 Å². The molecule has 6 nitrogen and oxygen atoms in total. The maximum Gasteiger partial charge on any atom is 0.265 e. The van der Waals surface area contributed by atoms with Crippen LogP contribution >= 0.6 is 0 Å². The number of amides is 2. The van der Waals surface area contributed by atoms with E-state index < -0.39 is 5.91 Å². The molecule has 0 aromatic heterocycles. The number of ether oxygens (including phenoxy) is 1. The molecule has 1 aromatic rings. The number of benzene rings is 1. The van der Waals surface area contributed by atoms with E-state index in [0.29, 0.717) is 38.4 Å². The van der Waals surface area contributed by atoms with Crippen LogP contribution in [0, 0.1) is 17.2 Å². The van der Waals surface area contributed by atoms with Crippen LogP contribution in [-0.4, -0.2) is 49.6 Å². The van der Waals surface area contributed by atoms with Gasteiger partial charge in [0.2, 0.25) is 0 Å². The lowest BCUT2D eigenvalue weighted by molar-refractivity contribution is -0.130. The molecule has 0 radical (unpaired) electrons. The molecule has 0 N–H and O–H groups in total. The van der Waals surface area contributed by atoms with Crippen LogP contribution < -0.4 is 4.90 Å². The number of para-hydroxylation sites is 1. The van der Waals surface area contributed by atoms with Crippen LogP contribution in [0.3, 0.4) is 0 Å². The van der Waals surface area contributed by atoms with Crippen molar-refractivity contribution in [2.45, 2.75) is 13.8 Å². The number of morpholine rings is 1. The molecule has 1 saturated heterocycles. The molecule has 25 heavy (non-hydrogen) atoms. The van der Waals surface area contributed by atoms with Crippen LogP contribution in [-0.2, 0) is 14.3 Å². The third kappa shape index (κ3) is 3.15. The van der Waals surface area contributed by atoms with E-state index in [1.807, 2.05) is 38.1 Å². The average molecular weight is 339 g/mol. The van der Waals surface area contributed by atoms with Gasteiger partial charge in [0.05, 0.1) is 24.5 Å². The van der Waals surface area contributed by atoms with Gasteiger partial charge in [-0.25, -0.2) is 0 Å². The number of fused-ring (bicyclic) bond motifs is 1. The number of hydrogen-bond acceptors (Lipinski definition) is 4.